The van der Waals surface area contributed by atoms with Gasteiger partial charge in [-0.1, -0.05) is 24.3 Å². The molecule has 6 nitrogen and oxygen atoms in total. The minimum absolute atomic E-state index is 0.148. The van der Waals surface area contributed by atoms with Crippen molar-refractivity contribution in [3.63, 3.8) is 0 Å². The van der Waals surface area contributed by atoms with Crippen molar-refractivity contribution in [2.45, 2.75) is 6.92 Å². The number of fused-ring (bicyclic) bond motifs is 1. The van der Waals surface area contributed by atoms with Crippen molar-refractivity contribution in [2.75, 3.05) is 25.6 Å². The van der Waals surface area contributed by atoms with E-state index in [1.165, 1.54) is 5.56 Å². The number of rotatable bonds is 8. The largest absolute Gasteiger partial charge is 0.493 e. The van der Waals surface area contributed by atoms with Crippen molar-refractivity contribution < 1.29 is 14.3 Å². The zero-order valence-electron chi connectivity index (χ0n) is 18.1. The predicted octanol–water partition coefficient (Wildman–Crippen LogP) is 5.10. The Labute approximate surface area is 187 Å². The van der Waals surface area contributed by atoms with E-state index in [4.69, 9.17) is 9.47 Å². The molecule has 32 heavy (non-hydrogen) atoms. The zero-order valence-corrected chi connectivity index (χ0v) is 18.1. The summed E-state index contributed by atoms with van der Waals surface area (Å²) in [7, 11) is 1.60. The average molecular weight is 428 g/mol. The van der Waals surface area contributed by atoms with E-state index in [1.54, 1.807) is 25.4 Å². The minimum Gasteiger partial charge on any atom is -0.493 e. The highest BCUT2D eigenvalue weighted by Crippen LogP contribution is 2.26. The lowest BCUT2D eigenvalue weighted by molar-refractivity contribution is 0.0947. The first-order chi connectivity index (χ1) is 15.6. The van der Waals surface area contributed by atoms with Crippen LogP contribution in [-0.4, -0.2) is 31.2 Å². The van der Waals surface area contributed by atoms with E-state index >= 15 is 0 Å². The summed E-state index contributed by atoms with van der Waals surface area (Å²) in [4.78, 5) is 16.9. The summed E-state index contributed by atoms with van der Waals surface area (Å²) in [5.41, 5.74) is 4.57. The molecular weight excluding hydrogens is 402 g/mol. The zero-order chi connectivity index (χ0) is 22.3. The number of anilines is 2. The van der Waals surface area contributed by atoms with Crippen molar-refractivity contribution >= 4 is 28.2 Å². The maximum Gasteiger partial charge on any atom is 0.251 e. The van der Waals surface area contributed by atoms with Crippen LogP contribution in [0.15, 0.2) is 79.0 Å². The van der Waals surface area contributed by atoms with Gasteiger partial charge in [-0.15, -0.1) is 0 Å². The molecule has 0 aliphatic rings. The minimum atomic E-state index is -0.148. The van der Waals surface area contributed by atoms with E-state index in [1.807, 2.05) is 42.5 Å². The van der Waals surface area contributed by atoms with Crippen molar-refractivity contribution in [1.82, 2.24) is 10.3 Å². The van der Waals surface area contributed by atoms with Crippen LogP contribution in [0, 0.1) is 6.92 Å². The van der Waals surface area contributed by atoms with E-state index in [-0.39, 0.29) is 5.91 Å². The van der Waals surface area contributed by atoms with Crippen molar-refractivity contribution in [3.8, 4) is 11.5 Å². The number of hydrogen-bond donors (Lipinski definition) is 2. The van der Waals surface area contributed by atoms with Crippen LogP contribution in [0.2, 0.25) is 0 Å². The van der Waals surface area contributed by atoms with Crippen molar-refractivity contribution in [2.24, 2.45) is 0 Å². The quantitative estimate of drug-likeness (QED) is 0.383. The van der Waals surface area contributed by atoms with Crippen LogP contribution in [0.5, 0.6) is 11.5 Å². The number of methoxy groups -OCH3 is 1. The molecule has 0 radical (unpaired) electrons. The molecule has 0 atom stereocenters. The number of pyridine rings is 1. The monoisotopic (exact) mass is 427 g/mol. The second kappa shape index (κ2) is 9.83. The Hall–Kier alpha value is -4.06. The first kappa shape index (κ1) is 21.2. The van der Waals surface area contributed by atoms with Gasteiger partial charge in [-0.05, 0) is 61.0 Å². The molecule has 0 saturated heterocycles. The number of amides is 1. The Morgan fingerprint density at radius 1 is 0.969 bits per heavy atom. The second-order valence-electron chi connectivity index (χ2n) is 7.34. The highest BCUT2D eigenvalue weighted by molar-refractivity contribution is 5.95. The molecule has 0 aliphatic carbocycles. The predicted molar refractivity (Wildman–Crippen MR) is 127 cm³/mol. The molecule has 1 amide bonds. The van der Waals surface area contributed by atoms with Gasteiger partial charge in [0.25, 0.3) is 5.91 Å². The fourth-order valence-electron chi connectivity index (χ4n) is 3.39. The summed E-state index contributed by atoms with van der Waals surface area (Å²) in [5, 5.41) is 7.33. The molecule has 1 heterocycles. The first-order valence-electron chi connectivity index (χ1n) is 10.4. The smallest absolute Gasteiger partial charge is 0.251 e. The van der Waals surface area contributed by atoms with Gasteiger partial charge >= 0.3 is 0 Å². The van der Waals surface area contributed by atoms with E-state index in [9.17, 15) is 4.79 Å². The summed E-state index contributed by atoms with van der Waals surface area (Å²) in [6.07, 6.45) is 1.79. The van der Waals surface area contributed by atoms with Gasteiger partial charge in [-0.25, -0.2) is 0 Å². The van der Waals surface area contributed by atoms with Gasteiger partial charge in [0.05, 0.1) is 19.2 Å². The summed E-state index contributed by atoms with van der Waals surface area (Å²) < 4.78 is 10.9. The van der Waals surface area contributed by atoms with Crippen molar-refractivity contribution in [3.05, 3.63) is 90.1 Å². The Morgan fingerprint density at radius 3 is 2.53 bits per heavy atom. The molecule has 1 aromatic heterocycles. The molecule has 4 rings (SSSR count). The third-order valence-electron chi connectivity index (χ3n) is 5.04. The molecule has 0 bridgehead atoms. The van der Waals surface area contributed by atoms with E-state index in [2.05, 4.69) is 40.7 Å². The van der Waals surface area contributed by atoms with E-state index in [0.29, 0.717) is 30.2 Å². The standard InChI is InChI=1S/C26H25N3O3/c1-18-7-12-21-22(13-14-27-23(21)17-18)29-20-10-8-19(9-11-20)26(30)28-15-16-32-25-6-4-3-5-24(25)31-2/h3-14,17H,15-16H2,1-2H3,(H,27,29)(H,28,30). The third kappa shape index (κ3) is 4.98. The Morgan fingerprint density at radius 2 is 1.75 bits per heavy atom. The van der Waals surface area contributed by atoms with Crippen LogP contribution in [0.1, 0.15) is 15.9 Å². The van der Waals surface area contributed by atoms with Gasteiger partial charge < -0.3 is 20.1 Å². The lowest BCUT2D eigenvalue weighted by Crippen LogP contribution is -2.28. The van der Waals surface area contributed by atoms with Crippen LogP contribution in [0.4, 0.5) is 11.4 Å². The SMILES string of the molecule is COc1ccccc1OCCNC(=O)c1ccc(Nc2ccnc3cc(C)ccc23)cc1. The molecule has 0 unspecified atom stereocenters. The fraction of sp³-hybridized carbons (Fsp3) is 0.154. The van der Waals surface area contributed by atoms with Gasteiger partial charge in [-0.2, -0.15) is 0 Å². The molecular formula is C26H25N3O3. The number of carbonyl (C=O) groups is 1. The molecule has 0 fully saturated rings. The van der Waals surface area contributed by atoms with E-state index < -0.39 is 0 Å². The fourth-order valence-corrected chi connectivity index (χ4v) is 3.39. The highest BCUT2D eigenvalue weighted by atomic mass is 16.5. The molecule has 0 spiro atoms. The first-order valence-corrected chi connectivity index (χ1v) is 10.4. The topological polar surface area (TPSA) is 72.5 Å². The second-order valence-corrected chi connectivity index (χ2v) is 7.34. The van der Waals surface area contributed by atoms with Gasteiger partial charge in [0.1, 0.15) is 6.61 Å². The Bertz CT molecular complexity index is 1220. The lowest BCUT2D eigenvalue weighted by atomic mass is 10.1. The van der Waals surface area contributed by atoms with Crippen LogP contribution in [0.3, 0.4) is 0 Å². The van der Waals surface area contributed by atoms with Crippen LogP contribution < -0.4 is 20.1 Å². The summed E-state index contributed by atoms with van der Waals surface area (Å²) >= 11 is 0. The number of aryl methyl sites for hydroxylation is 1. The van der Waals surface area contributed by atoms with Crippen LogP contribution in [0.25, 0.3) is 10.9 Å². The Balaban J connectivity index is 1.33. The molecule has 162 valence electrons. The van der Waals surface area contributed by atoms with Gasteiger partial charge in [0.2, 0.25) is 0 Å². The molecule has 2 N–H and O–H groups in total. The number of nitrogens with zero attached hydrogens (tertiary/aromatic N) is 1. The maximum absolute atomic E-state index is 12.4. The molecule has 3 aromatic carbocycles. The number of ether oxygens (including phenoxy) is 2. The van der Waals surface area contributed by atoms with Gasteiger partial charge in [0, 0.05) is 28.5 Å². The number of para-hydroxylation sites is 2. The maximum atomic E-state index is 12.4. The molecule has 0 saturated carbocycles. The summed E-state index contributed by atoms with van der Waals surface area (Å²) in [6, 6.07) is 22.9. The van der Waals surface area contributed by atoms with Crippen molar-refractivity contribution in [1.29, 1.82) is 0 Å². The molecule has 6 heteroatoms. The number of hydrogen-bond acceptors (Lipinski definition) is 5. The normalized spacial score (nSPS) is 10.6. The number of aromatic nitrogens is 1. The number of carbonyl (C=O) groups excluding carboxylic acids is 1. The molecule has 0 aliphatic heterocycles. The van der Waals surface area contributed by atoms with Gasteiger partial charge in [0.15, 0.2) is 11.5 Å². The van der Waals surface area contributed by atoms with Crippen LogP contribution in [-0.2, 0) is 0 Å². The lowest BCUT2D eigenvalue weighted by Gasteiger charge is -2.12. The third-order valence-corrected chi connectivity index (χ3v) is 5.04. The number of benzene rings is 3. The summed E-state index contributed by atoms with van der Waals surface area (Å²) in [6.45, 7) is 2.79. The number of nitrogens with one attached hydrogen (secondary N) is 2. The van der Waals surface area contributed by atoms with Crippen LogP contribution >= 0.6 is 0 Å². The summed E-state index contributed by atoms with van der Waals surface area (Å²) in [5.74, 6) is 1.17. The average Bonchev–Trinajstić information content (AvgIpc) is 2.82. The van der Waals surface area contributed by atoms with Gasteiger partial charge in [-0.3, -0.25) is 9.78 Å². The Kier molecular flexibility index (Phi) is 6.51. The highest BCUT2D eigenvalue weighted by Gasteiger charge is 2.07. The van der Waals surface area contributed by atoms with E-state index in [0.717, 1.165) is 22.3 Å². The molecule has 4 aromatic rings.